The van der Waals surface area contributed by atoms with Crippen LogP contribution in [0.25, 0.3) is 0 Å². The lowest BCUT2D eigenvalue weighted by Crippen LogP contribution is -2.42. The molecule has 0 saturated heterocycles. The SMILES string of the molecule is NCCNC(=O)C(=O)N1Cc2ccccc2C1. The number of benzene rings is 1. The summed E-state index contributed by atoms with van der Waals surface area (Å²) in [5.41, 5.74) is 7.47. The highest BCUT2D eigenvalue weighted by Gasteiger charge is 2.27. The summed E-state index contributed by atoms with van der Waals surface area (Å²) in [4.78, 5) is 24.8. The van der Waals surface area contributed by atoms with Crippen molar-refractivity contribution in [1.82, 2.24) is 10.2 Å². The number of carbonyl (C=O) groups excluding carboxylic acids is 2. The Bertz CT molecular complexity index is 420. The summed E-state index contributed by atoms with van der Waals surface area (Å²) in [6, 6.07) is 7.81. The third-order valence-corrected chi connectivity index (χ3v) is 2.75. The molecule has 0 radical (unpaired) electrons. The highest BCUT2D eigenvalue weighted by Crippen LogP contribution is 2.21. The van der Waals surface area contributed by atoms with Crippen LogP contribution in [0.1, 0.15) is 11.1 Å². The van der Waals surface area contributed by atoms with Gasteiger partial charge in [0.1, 0.15) is 0 Å². The van der Waals surface area contributed by atoms with Gasteiger partial charge in [0.2, 0.25) is 0 Å². The Hall–Kier alpha value is -1.88. The molecule has 1 heterocycles. The second kappa shape index (κ2) is 4.97. The third kappa shape index (κ3) is 2.45. The molecule has 0 saturated carbocycles. The number of fused-ring (bicyclic) bond motifs is 1. The van der Waals surface area contributed by atoms with Crippen LogP contribution in [0.5, 0.6) is 0 Å². The Kier molecular flexibility index (Phi) is 3.39. The molecule has 5 nitrogen and oxygen atoms in total. The molecule has 0 aromatic heterocycles. The molecule has 0 bridgehead atoms. The lowest BCUT2D eigenvalue weighted by atomic mass is 10.1. The topological polar surface area (TPSA) is 75.4 Å². The molecule has 17 heavy (non-hydrogen) atoms. The number of nitrogens with zero attached hydrogens (tertiary/aromatic N) is 1. The van der Waals surface area contributed by atoms with Gasteiger partial charge < -0.3 is 16.0 Å². The monoisotopic (exact) mass is 233 g/mol. The van der Waals surface area contributed by atoms with E-state index in [0.717, 1.165) is 11.1 Å². The summed E-state index contributed by atoms with van der Waals surface area (Å²) in [6.07, 6.45) is 0. The Morgan fingerprint density at radius 2 is 1.82 bits per heavy atom. The normalized spacial score (nSPS) is 13.4. The number of nitrogens with two attached hydrogens (primary N) is 1. The quantitative estimate of drug-likeness (QED) is 0.683. The maximum absolute atomic E-state index is 11.8. The summed E-state index contributed by atoms with van der Waals surface area (Å²) < 4.78 is 0. The Labute approximate surface area is 99.6 Å². The van der Waals surface area contributed by atoms with Crippen molar-refractivity contribution in [2.24, 2.45) is 5.73 Å². The van der Waals surface area contributed by atoms with Crippen LogP contribution in [0.3, 0.4) is 0 Å². The predicted octanol–water partition coefficient (Wildman–Crippen LogP) is -0.396. The lowest BCUT2D eigenvalue weighted by molar-refractivity contribution is -0.146. The van der Waals surface area contributed by atoms with Crippen molar-refractivity contribution in [3.63, 3.8) is 0 Å². The van der Waals surface area contributed by atoms with Gasteiger partial charge in [-0.05, 0) is 11.1 Å². The second-order valence-corrected chi connectivity index (χ2v) is 3.97. The largest absolute Gasteiger partial charge is 0.347 e. The second-order valence-electron chi connectivity index (χ2n) is 3.97. The van der Waals surface area contributed by atoms with Crippen molar-refractivity contribution in [2.45, 2.75) is 13.1 Å². The van der Waals surface area contributed by atoms with Crippen molar-refractivity contribution in [1.29, 1.82) is 0 Å². The highest BCUT2D eigenvalue weighted by atomic mass is 16.2. The minimum atomic E-state index is -0.580. The van der Waals surface area contributed by atoms with Crippen LogP contribution in [0.2, 0.25) is 0 Å². The zero-order chi connectivity index (χ0) is 12.3. The molecule has 1 aliphatic heterocycles. The van der Waals surface area contributed by atoms with Gasteiger partial charge in [-0.2, -0.15) is 0 Å². The maximum atomic E-state index is 11.8. The van der Waals surface area contributed by atoms with Crippen molar-refractivity contribution in [3.05, 3.63) is 35.4 Å². The van der Waals surface area contributed by atoms with Crippen LogP contribution in [-0.4, -0.2) is 29.8 Å². The van der Waals surface area contributed by atoms with E-state index in [2.05, 4.69) is 5.32 Å². The van der Waals surface area contributed by atoms with Gasteiger partial charge in [0.25, 0.3) is 0 Å². The summed E-state index contributed by atoms with van der Waals surface area (Å²) in [5, 5.41) is 2.48. The summed E-state index contributed by atoms with van der Waals surface area (Å²) >= 11 is 0. The van der Waals surface area contributed by atoms with Crippen LogP contribution >= 0.6 is 0 Å². The number of hydrogen-bond donors (Lipinski definition) is 2. The predicted molar refractivity (Wildman–Crippen MR) is 62.8 cm³/mol. The number of hydrogen-bond acceptors (Lipinski definition) is 3. The van der Waals surface area contributed by atoms with E-state index in [9.17, 15) is 9.59 Å². The molecule has 0 fully saturated rings. The molecule has 1 aromatic rings. The van der Waals surface area contributed by atoms with Gasteiger partial charge in [-0.1, -0.05) is 24.3 Å². The van der Waals surface area contributed by atoms with Gasteiger partial charge in [0, 0.05) is 26.2 Å². The minimum absolute atomic E-state index is 0.325. The molecule has 0 spiro atoms. The first kappa shape index (κ1) is 11.6. The Balaban J connectivity index is 1.98. The van der Waals surface area contributed by atoms with E-state index in [0.29, 0.717) is 26.2 Å². The summed E-state index contributed by atoms with van der Waals surface area (Å²) in [5.74, 6) is -1.07. The van der Waals surface area contributed by atoms with Crippen LogP contribution < -0.4 is 11.1 Å². The zero-order valence-electron chi connectivity index (χ0n) is 9.48. The van der Waals surface area contributed by atoms with Gasteiger partial charge in [-0.15, -0.1) is 0 Å². The Morgan fingerprint density at radius 1 is 1.24 bits per heavy atom. The number of rotatable bonds is 2. The maximum Gasteiger partial charge on any atom is 0.312 e. The fraction of sp³-hybridized carbons (Fsp3) is 0.333. The van der Waals surface area contributed by atoms with Gasteiger partial charge >= 0.3 is 11.8 Å². The van der Waals surface area contributed by atoms with Crippen LogP contribution in [0, 0.1) is 0 Å². The molecule has 0 aliphatic carbocycles. The van der Waals surface area contributed by atoms with Crippen molar-refractivity contribution < 1.29 is 9.59 Å². The van der Waals surface area contributed by atoms with Gasteiger partial charge in [0.05, 0.1) is 0 Å². The van der Waals surface area contributed by atoms with E-state index in [1.54, 1.807) is 0 Å². The van der Waals surface area contributed by atoms with Gasteiger partial charge in [-0.3, -0.25) is 9.59 Å². The highest BCUT2D eigenvalue weighted by molar-refractivity contribution is 6.35. The first-order valence-corrected chi connectivity index (χ1v) is 5.56. The average Bonchev–Trinajstić information content (AvgIpc) is 2.78. The average molecular weight is 233 g/mol. The first-order chi connectivity index (χ1) is 8.22. The zero-order valence-corrected chi connectivity index (χ0v) is 9.48. The summed E-state index contributed by atoms with van der Waals surface area (Å²) in [7, 11) is 0. The molecule has 90 valence electrons. The molecule has 0 unspecified atom stereocenters. The Morgan fingerprint density at radius 3 is 2.35 bits per heavy atom. The smallest absolute Gasteiger partial charge is 0.312 e. The van der Waals surface area contributed by atoms with Crippen molar-refractivity contribution in [3.8, 4) is 0 Å². The van der Waals surface area contributed by atoms with E-state index < -0.39 is 11.8 Å². The summed E-state index contributed by atoms with van der Waals surface area (Å²) in [6.45, 7) is 1.67. The number of nitrogens with one attached hydrogen (secondary N) is 1. The van der Waals surface area contributed by atoms with Crippen LogP contribution in [-0.2, 0) is 22.7 Å². The van der Waals surface area contributed by atoms with Crippen molar-refractivity contribution >= 4 is 11.8 Å². The standard InChI is InChI=1S/C12H15N3O2/c13-5-6-14-11(16)12(17)15-7-9-3-1-2-4-10(9)8-15/h1-4H,5-8,13H2,(H,14,16). The van der Waals surface area contributed by atoms with Crippen LogP contribution in [0.4, 0.5) is 0 Å². The first-order valence-electron chi connectivity index (χ1n) is 5.56. The fourth-order valence-corrected chi connectivity index (χ4v) is 1.88. The van der Waals surface area contributed by atoms with Gasteiger partial charge in [0.15, 0.2) is 0 Å². The molecule has 1 aromatic carbocycles. The lowest BCUT2D eigenvalue weighted by Gasteiger charge is -2.14. The minimum Gasteiger partial charge on any atom is -0.347 e. The van der Waals surface area contributed by atoms with E-state index in [-0.39, 0.29) is 0 Å². The van der Waals surface area contributed by atoms with E-state index in [4.69, 9.17) is 5.73 Å². The number of carbonyl (C=O) groups is 2. The molecule has 2 amide bonds. The molecular formula is C12H15N3O2. The third-order valence-electron chi connectivity index (χ3n) is 2.75. The van der Waals surface area contributed by atoms with E-state index >= 15 is 0 Å². The molecule has 1 aliphatic rings. The molecule has 5 heteroatoms. The van der Waals surface area contributed by atoms with E-state index in [1.807, 2.05) is 24.3 Å². The molecule has 3 N–H and O–H groups in total. The van der Waals surface area contributed by atoms with E-state index in [1.165, 1.54) is 4.90 Å². The fourth-order valence-electron chi connectivity index (χ4n) is 1.88. The molecular weight excluding hydrogens is 218 g/mol. The molecule has 2 rings (SSSR count). The van der Waals surface area contributed by atoms with Gasteiger partial charge in [-0.25, -0.2) is 0 Å². The molecule has 0 atom stereocenters. The van der Waals surface area contributed by atoms with Crippen molar-refractivity contribution in [2.75, 3.05) is 13.1 Å². The van der Waals surface area contributed by atoms with Crippen LogP contribution in [0.15, 0.2) is 24.3 Å². The number of amides is 2.